The average molecular weight is 372 g/mol. The Balaban J connectivity index is 1.78. The molecule has 2 aromatic rings. The van der Waals surface area contributed by atoms with Crippen LogP contribution in [0.5, 0.6) is 0 Å². The number of nitrogens with zero attached hydrogens (tertiary/aromatic N) is 2. The minimum atomic E-state index is -0.204. The van der Waals surface area contributed by atoms with Crippen molar-refractivity contribution in [3.63, 3.8) is 0 Å². The van der Waals surface area contributed by atoms with Crippen LogP contribution in [-0.2, 0) is 11.3 Å². The molecule has 26 heavy (non-hydrogen) atoms. The molecule has 2 amide bonds. The van der Waals surface area contributed by atoms with Crippen molar-refractivity contribution in [2.24, 2.45) is 0 Å². The van der Waals surface area contributed by atoms with E-state index in [2.05, 4.69) is 5.32 Å². The third-order valence-electron chi connectivity index (χ3n) is 4.42. The van der Waals surface area contributed by atoms with Gasteiger partial charge in [0.2, 0.25) is 5.91 Å². The first-order valence-corrected chi connectivity index (χ1v) is 8.97. The van der Waals surface area contributed by atoms with Crippen LogP contribution in [0.1, 0.15) is 28.8 Å². The largest absolute Gasteiger partial charge is 0.375 e. The van der Waals surface area contributed by atoms with E-state index >= 15 is 0 Å². The van der Waals surface area contributed by atoms with E-state index in [1.54, 1.807) is 18.2 Å². The maximum atomic E-state index is 12.7. The van der Waals surface area contributed by atoms with Gasteiger partial charge in [-0.15, -0.1) is 0 Å². The lowest BCUT2D eigenvalue weighted by molar-refractivity contribution is -0.128. The summed E-state index contributed by atoms with van der Waals surface area (Å²) in [5, 5.41) is 3.51. The summed E-state index contributed by atoms with van der Waals surface area (Å²) in [7, 11) is 3.76. The van der Waals surface area contributed by atoms with Crippen LogP contribution in [0.3, 0.4) is 0 Å². The van der Waals surface area contributed by atoms with Crippen LogP contribution in [0, 0.1) is 0 Å². The van der Waals surface area contributed by atoms with E-state index in [1.807, 2.05) is 48.2 Å². The quantitative estimate of drug-likeness (QED) is 0.870. The maximum absolute atomic E-state index is 12.7. The number of amides is 2. The smallest absolute Gasteiger partial charge is 0.255 e. The van der Waals surface area contributed by atoms with E-state index in [0.717, 1.165) is 24.2 Å². The van der Waals surface area contributed by atoms with Crippen molar-refractivity contribution in [3.05, 3.63) is 58.6 Å². The standard InChI is InChI=1S/C20H22ClN3O2/c1-23(2)19-16(21)8-4-9-17(19)22-20(26)15-7-3-6-14(12-15)13-24-11-5-10-18(24)25/h3-4,6-9,12H,5,10-11,13H2,1-2H3,(H,22,26). The number of carbonyl (C=O) groups is 2. The zero-order chi connectivity index (χ0) is 18.7. The topological polar surface area (TPSA) is 52.7 Å². The Labute approximate surface area is 158 Å². The molecule has 1 N–H and O–H groups in total. The maximum Gasteiger partial charge on any atom is 0.255 e. The molecule has 1 heterocycles. The van der Waals surface area contributed by atoms with Crippen molar-refractivity contribution in [1.29, 1.82) is 0 Å². The molecule has 5 nitrogen and oxygen atoms in total. The molecule has 1 saturated heterocycles. The summed E-state index contributed by atoms with van der Waals surface area (Å²) < 4.78 is 0. The number of para-hydroxylation sites is 1. The molecule has 6 heteroatoms. The molecule has 136 valence electrons. The van der Waals surface area contributed by atoms with Gasteiger partial charge in [-0.3, -0.25) is 9.59 Å². The van der Waals surface area contributed by atoms with Crippen LogP contribution in [0.2, 0.25) is 5.02 Å². The summed E-state index contributed by atoms with van der Waals surface area (Å²) in [6.07, 6.45) is 1.52. The average Bonchev–Trinajstić information content (AvgIpc) is 2.99. The molecule has 1 fully saturated rings. The number of rotatable bonds is 5. The third kappa shape index (κ3) is 3.99. The van der Waals surface area contributed by atoms with Gasteiger partial charge in [-0.05, 0) is 36.2 Å². The van der Waals surface area contributed by atoms with Gasteiger partial charge in [-0.1, -0.05) is 29.8 Å². The number of halogens is 1. The lowest BCUT2D eigenvalue weighted by atomic mass is 10.1. The van der Waals surface area contributed by atoms with Crippen molar-refractivity contribution < 1.29 is 9.59 Å². The summed E-state index contributed by atoms with van der Waals surface area (Å²) in [6, 6.07) is 12.8. The van der Waals surface area contributed by atoms with E-state index < -0.39 is 0 Å². The van der Waals surface area contributed by atoms with Crippen molar-refractivity contribution in [2.45, 2.75) is 19.4 Å². The van der Waals surface area contributed by atoms with Gasteiger partial charge in [0, 0.05) is 39.2 Å². The molecular formula is C20H22ClN3O2. The first kappa shape index (κ1) is 18.3. The van der Waals surface area contributed by atoms with Crippen LogP contribution in [-0.4, -0.2) is 37.4 Å². The molecular weight excluding hydrogens is 350 g/mol. The lowest BCUT2D eigenvalue weighted by Crippen LogP contribution is -2.24. The fourth-order valence-electron chi connectivity index (χ4n) is 3.17. The zero-order valence-corrected chi connectivity index (χ0v) is 15.7. The van der Waals surface area contributed by atoms with E-state index in [1.165, 1.54) is 0 Å². The second-order valence-electron chi connectivity index (χ2n) is 6.60. The van der Waals surface area contributed by atoms with Crippen LogP contribution in [0.15, 0.2) is 42.5 Å². The number of nitrogens with one attached hydrogen (secondary N) is 1. The predicted molar refractivity (Wildman–Crippen MR) is 105 cm³/mol. The minimum absolute atomic E-state index is 0.175. The highest BCUT2D eigenvalue weighted by Gasteiger charge is 2.20. The Bertz CT molecular complexity index is 836. The van der Waals surface area contributed by atoms with Crippen LogP contribution >= 0.6 is 11.6 Å². The Morgan fingerprint density at radius 2 is 2.00 bits per heavy atom. The molecule has 2 aromatic carbocycles. The number of anilines is 2. The SMILES string of the molecule is CN(C)c1c(Cl)cccc1NC(=O)c1cccc(CN2CCCC2=O)c1. The van der Waals surface area contributed by atoms with Gasteiger partial charge < -0.3 is 15.1 Å². The van der Waals surface area contributed by atoms with Crippen molar-refractivity contribution in [2.75, 3.05) is 30.9 Å². The fourth-order valence-corrected chi connectivity index (χ4v) is 3.51. The molecule has 0 spiro atoms. The molecule has 3 rings (SSSR count). The molecule has 0 unspecified atom stereocenters. The van der Waals surface area contributed by atoms with Crippen LogP contribution in [0.4, 0.5) is 11.4 Å². The van der Waals surface area contributed by atoms with Crippen LogP contribution < -0.4 is 10.2 Å². The predicted octanol–water partition coefficient (Wildman–Crippen LogP) is 3.78. The highest BCUT2D eigenvalue weighted by Crippen LogP contribution is 2.32. The van der Waals surface area contributed by atoms with E-state index in [9.17, 15) is 9.59 Å². The van der Waals surface area contributed by atoms with Gasteiger partial charge in [0.05, 0.1) is 16.4 Å². The summed E-state index contributed by atoms with van der Waals surface area (Å²) in [5.41, 5.74) is 2.93. The second-order valence-corrected chi connectivity index (χ2v) is 7.01. The molecule has 0 aromatic heterocycles. The normalized spacial score (nSPS) is 13.8. The number of benzene rings is 2. The van der Waals surface area contributed by atoms with Crippen molar-refractivity contribution in [1.82, 2.24) is 4.90 Å². The summed E-state index contributed by atoms with van der Waals surface area (Å²) in [6.45, 7) is 1.32. The van der Waals surface area contributed by atoms with Gasteiger partial charge in [0.1, 0.15) is 0 Å². The van der Waals surface area contributed by atoms with E-state index in [0.29, 0.717) is 29.2 Å². The minimum Gasteiger partial charge on any atom is -0.375 e. The number of hydrogen-bond donors (Lipinski definition) is 1. The van der Waals surface area contributed by atoms with E-state index in [-0.39, 0.29) is 11.8 Å². The van der Waals surface area contributed by atoms with E-state index in [4.69, 9.17) is 11.6 Å². The van der Waals surface area contributed by atoms with Gasteiger partial charge in [-0.2, -0.15) is 0 Å². The molecule has 1 aliphatic rings. The fraction of sp³-hybridized carbons (Fsp3) is 0.300. The lowest BCUT2D eigenvalue weighted by Gasteiger charge is -2.19. The van der Waals surface area contributed by atoms with Gasteiger partial charge in [-0.25, -0.2) is 0 Å². The van der Waals surface area contributed by atoms with Crippen molar-refractivity contribution >= 4 is 34.8 Å². The van der Waals surface area contributed by atoms with Gasteiger partial charge in [0.25, 0.3) is 5.91 Å². The van der Waals surface area contributed by atoms with Crippen molar-refractivity contribution in [3.8, 4) is 0 Å². The van der Waals surface area contributed by atoms with Gasteiger partial charge >= 0.3 is 0 Å². The Morgan fingerprint density at radius 1 is 1.23 bits per heavy atom. The highest BCUT2D eigenvalue weighted by atomic mass is 35.5. The van der Waals surface area contributed by atoms with Crippen LogP contribution in [0.25, 0.3) is 0 Å². The number of carbonyl (C=O) groups excluding carboxylic acids is 2. The molecule has 0 aliphatic carbocycles. The first-order chi connectivity index (χ1) is 12.5. The number of likely N-dealkylation sites (tertiary alicyclic amines) is 1. The summed E-state index contributed by atoms with van der Waals surface area (Å²) in [5.74, 6) is -0.0284. The van der Waals surface area contributed by atoms with Gasteiger partial charge in [0.15, 0.2) is 0 Å². The molecule has 0 radical (unpaired) electrons. The Kier molecular flexibility index (Phi) is 5.47. The summed E-state index contributed by atoms with van der Waals surface area (Å²) in [4.78, 5) is 28.2. The third-order valence-corrected chi connectivity index (χ3v) is 4.72. The number of hydrogen-bond acceptors (Lipinski definition) is 3. The monoisotopic (exact) mass is 371 g/mol. The molecule has 1 aliphatic heterocycles. The molecule has 0 atom stereocenters. The molecule has 0 saturated carbocycles. The first-order valence-electron chi connectivity index (χ1n) is 8.59. The summed E-state index contributed by atoms with van der Waals surface area (Å²) >= 11 is 6.26. The molecule has 0 bridgehead atoms. The Hall–Kier alpha value is -2.53. The second kappa shape index (κ2) is 7.79. The highest BCUT2D eigenvalue weighted by molar-refractivity contribution is 6.34. The Morgan fingerprint density at radius 3 is 2.69 bits per heavy atom. The zero-order valence-electron chi connectivity index (χ0n) is 15.0.